The maximum Gasteiger partial charge on any atom is 0.317 e. The van der Waals surface area contributed by atoms with E-state index >= 15 is 0 Å². The van der Waals surface area contributed by atoms with Crippen LogP contribution in [-0.4, -0.2) is 37.2 Å². The second kappa shape index (κ2) is 7.55. The number of aryl methyl sites for hydroxylation is 2. The average molecular weight is 311 g/mol. The molecule has 2 amide bonds. The third-order valence-corrected chi connectivity index (χ3v) is 4.30. The molecule has 116 valence electrons. The molecule has 1 aromatic carbocycles. The van der Waals surface area contributed by atoms with Gasteiger partial charge in [0.25, 0.3) is 0 Å². The quantitative estimate of drug-likeness (QED) is 0.864. The predicted molar refractivity (Wildman–Crippen MR) is 85.2 cm³/mol. The van der Waals surface area contributed by atoms with Gasteiger partial charge < -0.3 is 15.0 Å². The van der Waals surface area contributed by atoms with Gasteiger partial charge in [-0.3, -0.25) is 0 Å². The fourth-order valence-corrected chi connectivity index (χ4v) is 2.63. The molecule has 0 aliphatic carbocycles. The van der Waals surface area contributed by atoms with Crippen LogP contribution >= 0.6 is 11.6 Å². The lowest BCUT2D eigenvalue weighted by Crippen LogP contribution is -2.43. The zero-order valence-electron chi connectivity index (χ0n) is 12.7. The Labute approximate surface area is 131 Å². The Balaban J connectivity index is 1.73. The first-order valence-electron chi connectivity index (χ1n) is 7.50. The summed E-state index contributed by atoms with van der Waals surface area (Å²) in [5.74, 6) is 0.793. The lowest BCUT2D eigenvalue weighted by molar-refractivity contribution is 0.184. The van der Waals surface area contributed by atoms with Gasteiger partial charge in [-0.15, -0.1) is 0 Å². The van der Waals surface area contributed by atoms with E-state index < -0.39 is 0 Å². The number of hydrogen-bond donors (Lipinski definition) is 1. The third kappa shape index (κ3) is 4.53. The van der Waals surface area contributed by atoms with Crippen LogP contribution in [0.25, 0.3) is 0 Å². The summed E-state index contributed by atoms with van der Waals surface area (Å²) in [5.41, 5.74) is 2.01. The van der Waals surface area contributed by atoms with Crippen LogP contribution in [0.4, 0.5) is 4.79 Å². The summed E-state index contributed by atoms with van der Waals surface area (Å²) in [6, 6.07) is 3.85. The molecule has 1 fully saturated rings. The van der Waals surface area contributed by atoms with Crippen molar-refractivity contribution in [1.29, 1.82) is 0 Å². The van der Waals surface area contributed by atoms with Crippen LogP contribution in [0.15, 0.2) is 12.1 Å². The minimum absolute atomic E-state index is 0.0155. The largest absolute Gasteiger partial charge is 0.492 e. The van der Waals surface area contributed by atoms with Crippen molar-refractivity contribution < 1.29 is 9.53 Å². The third-order valence-electron chi connectivity index (χ3n) is 3.70. The van der Waals surface area contributed by atoms with Crippen molar-refractivity contribution in [3.05, 3.63) is 28.3 Å². The number of carbonyl (C=O) groups excluding carboxylic acids is 1. The topological polar surface area (TPSA) is 41.6 Å². The average Bonchev–Trinajstić information content (AvgIpc) is 2.49. The van der Waals surface area contributed by atoms with Crippen molar-refractivity contribution in [3.8, 4) is 5.75 Å². The number of ether oxygens (including phenoxy) is 1. The maximum absolute atomic E-state index is 11.9. The molecule has 1 N–H and O–H groups in total. The van der Waals surface area contributed by atoms with Gasteiger partial charge in [-0.25, -0.2) is 4.79 Å². The van der Waals surface area contributed by atoms with Crippen molar-refractivity contribution in [2.45, 2.75) is 33.1 Å². The molecule has 1 saturated heterocycles. The summed E-state index contributed by atoms with van der Waals surface area (Å²) in [6.07, 6.45) is 3.43. The first-order chi connectivity index (χ1) is 10.1. The highest BCUT2D eigenvalue weighted by Gasteiger charge is 2.15. The van der Waals surface area contributed by atoms with Gasteiger partial charge >= 0.3 is 6.03 Å². The maximum atomic E-state index is 11.9. The van der Waals surface area contributed by atoms with Crippen molar-refractivity contribution >= 4 is 17.6 Å². The van der Waals surface area contributed by atoms with Crippen LogP contribution < -0.4 is 10.1 Å². The molecule has 21 heavy (non-hydrogen) atoms. The van der Waals surface area contributed by atoms with Gasteiger partial charge in [-0.2, -0.15) is 0 Å². The van der Waals surface area contributed by atoms with E-state index in [0.717, 1.165) is 47.8 Å². The molecule has 1 aliphatic rings. The Morgan fingerprint density at radius 2 is 1.86 bits per heavy atom. The van der Waals surface area contributed by atoms with Crippen LogP contribution in [0.1, 0.15) is 30.4 Å². The summed E-state index contributed by atoms with van der Waals surface area (Å²) in [7, 11) is 0. The Morgan fingerprint density at radius 3 is 2.48 bits per heavy atom. The molecule has 4 nitrogen and oxygen atoms in total. The molecule has 0 atom stereocenters. The highest BCUT2D eigenvalue weighted by atomic mass is 35.5. The molecule has 2 rings (SSSR count). The van der Waals surface area contributed by atoms with Gasteiger partial charge in [-0.1, -0.05) is 11.6 Å². The molecule has 0 bridgehead atoms. The monoisotopic (exact) mass is 310 g/mol. The van der Waals surface area contributed by atoms with E-state index in [4.69, 9.17) is 16.3 Å². The molecule has 1 aliphatic heterocycles. The zero-order valence-corrected chi connectivity index (χ0v) is 13.5. The Hall–Kier alpha value is -1.42. The standard InChI is InChI=1S/C16H23ClN2O2/c1-12-10-14(11-13(2)15(12)17)21-9-6-18-16(20)19-7-4-3-5-8-19/h10-11H,3-9H2,1-2H3,(H,18,20). The van der Waals surface area contributed by atoms with E-state index in [9.17, 15) is 4.79 Å². The molecule has 0 saturated carbocycles. The summed E-state index contributed by atoms with van der Waals surface area (Å²) in [6.45, 7) is 6.61. The molecule has 0 unspecified atom stereocenters. The van der Waals surface area contributed by atoms with Crippen LogP contribution in [-0.2, 0) is 0 Å². The molecular weight excluding hydrogens is 288 g/mol. The smallest absolute Gasteiger partial charge is 0.317 e. The second-order valence-electron chi connectivity index (χ2n) is 5.50. The van der Waals surface area contributed by atoms with E-state index in [1.54, 1.807) is 0 Å². The van der Waals surface area contributed by atoms with Crippen molar-refractivity contribution in [2.24, 2.45) is 0 Å². The van der Waals surface area contributed by atoms with Gasteiger partial charge in [0, 0.05) is 18.1 Å². The highest BCUT2D eigenvalue weighted by Crippen LogP contribution is 2.25. The predicted octanol–water partition coefficient (Wildman–Crippen LogP) is 3.53. The summed E-state index contributed by atoms with van der Waals surface area (Å²) < 4.78 is 5.67. The Bertz CT molecular complexity index is 476. The summed E-state index contributed by atoms with van der Waals surface area (Å²) in [5, 5.41) is 3.68. The lowest BCUT2D eigenvalue weighted by Gasteiger charge is -2.26. The summed E-state index contributed by atoms with van der Waals surface area (Å²) >= 11 is 6.12. The van der Waals surface area contributed by atoms with Crippen molar-refractivity contribution in [1.82, 2.24) is 10.2 Å². The van der Waals surface area contributed by atoms with Crippen molar-refractivity contribution in [3.63, 3.8) is 0 Å². The number of halogens is 1. The van der Waals surface area contributed by atoms with Gasteiger partial charge in [0.05, 0.1) is 6.54 Å². The van der Waals surface area contributed by atoms with Crippen LogP contribution in [0.2, 0.25) is 5.02 Å². The summed E-state index contributed by atoms with van der Waals surface area (Å²) in [4.78, 5) is 13.8. The van der Waals surface area contributed by atoms with E-state index in [2.05, 4.69) is 5.32 Å². The van der Waals surface area contributed by atoms with Crippen LogP contribution in [0.3, 0.4) is 0 Å². The number of likely N-dealkylation sites (tertiary alicyclic amines) is 1. The van der Waals surface area contributed by atoms with Gasteiger partial charge in [-0.05, 0) is 56.4 Å². The minimum atomic E-state index is 0.0155. The molecule has 0 aromatic heterocycles. The fraction of sp³-hybridized carbons (Fsp3) is 0.562. The fourth-order valence-electron chi connectivity index (χ4n) is 2.53. The molecule has 5 heteroatoms. The number of amides is 2. The number of carbonyl (C=O) groups is 1. The first-order valence-corrected chi connectivity index (χ1v) is 7.88. The number of nitrogens with zero attached hydrogens (tertiary/aromatic N) is 1. The zero-order chi connectivity index (χ0) is 15.2. The number of urea groups is 1. The SMILES string of the molecule is Cc1cc(OCCNC(=O)N2CCCCC2)cc(C)c1Cl. The van der Waals surface area contributed by atoms with Gasteiger partial charge in [0.1, 0.15) is 12.4 Å². The molecule has 0 spiro atoms. The lowest BCUT2D eigenvalue weighted by atomic mass is 10.1. The molecule has 1 heterocycles. The van der Waals surface area contributed by atoms with E-state index in [-0.39, 0.29) is 6.03 Å². The first kappa shape index (κ1) is 16.0. The number of rotatable bonds is 4. The number of piperidine rings is 1. The Kier molecular flexibility index (Phi) is 5.74. The van der Waals surface area contributed by atoms with Gasteiger partial charge in [0.15, 0.2) is 0 Å². The van der Waals surface area contributed by atoms with Gasteiger partial charge in [0.2, 0.25) is 0 Å². The number of hydrogen-bond acceptors (Lipinski definition) is 2. The Morgan fingerprint density at radius 1 is 1.24 bits per heavy atom. The normalized spacial score (nSPS) is 14.9. The van der Waals surface area contributed by atoms with Crippen molar-refractivity contribution in [2.75, 3.05) is 26.2 Å². The molecule has 1 aromatic rings. The van der Waals surface area contributed by atoms with Crippen LogP contribution in [0.5, 0.6) is 5.75 Å². The van der Waals surface area contributed by atoms with E-state index in [0.29, 0.717) is 13.2 Å². The highest BCUT2D eigenvalue weighted by molar-refractivity contribution is 6.32. The minimum Gasteiger partial charge on any atom is -0.492 e. The second-order valence-corrected chi connectivity index (χ2v) is 5.88. The van der Waals surface area contributed by atoms with Crippen LogP contribution in [0, 0.1) is 13.8 Å². The molecule has 0 radical (unpaired) electrons. The van der Waals surface area contributed by atoms with E-state index in [1.807, 2.05) is 30.9 Å². The van der Waals surface area contributed by atoms with E-state index in [1.165, 1.54) is 6.42 Å². The number of benzene rings is 1. The molecular formula is C16H23ClN2O2. The number of nitrogens with one attached hydrogen (secondary N) is 1.